The monoisotopic (exact) mass is 370 g/mol. The van der Waals surface area contributed by atoms with Crippen molar-refractivity contribution in [1.82, 2.24) is 10.3 Å². The number of rotatable bonds is 8. The van der Waals surface area contributed by atoms with Crippen LogP contribution in [0, 0.1) is 0 Å². The number of pyridine rings is 1. The van der Waals surface area contributed by atoms with Gasteiger partial charge in [-0.3, -0.25) is 9.78 Å². The van der Waals surface area contributed by atoms with Crippen molar-refractivity contribution in [2.45, 2.75) is 38.4 Å². The predicted molar refractivity (Wildman–Crippen MR) is 102 cm³/mol. The molecule has 144 valence electrons. The number of esters is 1. The van der Waals surface area contributed by atoms with Crippen LogP contribution in [0.15, 0.2) is 42.7 Å². The average Bonchev–Trinajstić information content (AvgIpc) is 2.69. The van der Waals surface area contributed by atoms with Gasteiger partial charge in [0.2, 0.25) is 0 Å². The van der Waals surface area contributed by atoms with Gasteiger partial charge < -0.3 is 19.9 Å². The summed E-state index contributed by atoms with van der Waals surface area (Å²) in [6.07, 6.45) is 4.94. The summed E-state index contributed by atoms with van der Waals surface area (Å²) in [6, 6.07) is 9.55. The summed E-state index contributed by atoms with van der Waals surface area (Å²) in [4.78, 5) is 15.6. The van der Waals surface area contributed by atoms with Crippen LogP contribution in [0.3, 0.4) is 0 Å². The van der Waals surface area contributed by atoms with E-state index in [1.807, 2.05) is 37.3 Å². The van der Waals surface area contributed by atoms with Crippen molar-refractivity contribution < 1.29 is 19.4 Å². The van der Waals surface area contributed by atoms with Crippen molar-refractivity contribution in [1.29, 1.82) is 0 Å². The third kappa shape index (κ3) is 5.52. The maximum Gasteiger partial charge on any atom is 0.310 e. The molecule has 0 spiro atoms. The van der Waals surface area contributed by atoms with Gasteiger partial charge >= 0.3 is 5.97 Å². The minimum atomic E-state index is -0.583. The standard InChI is InChI=1S/C21H26N2O4/c1-2-26-21(25)11-15-5-8-20-16(10-15)6-7-18(27-20)13-23-14-19(24)17-4-3-9-22-12-17/h3-5,8-10,12,18-19,23-24H,2,6-7,11,13-14H2,1H3. The maximum absolute atomic E-state index is 11.6. The Hall–Kier alpha value is -2.44. The van der Waals surface area contributed by atoms with Crippen LogP contribution in [0.4, 0.5) is 0 Å². The first-order valence-corrected chi connectivity index (χ1v) is 9.38. The van der Waals surface area contributed by atoms with Gasteiger partial charge in [-0.1, -0.05) is 18.2 Å². The second kappa shape index (κ2) is 9.48. The number of benzene rings is 1. The molecule has 1 aliphatic rings. The zero-order valence-corrected chi connectivity index (χ0v) is 15.6. The van der Waals surface area contributed by atoms with Gasteiger partial charge in [-0.25, -0.2) is 0 Å². The van der Waals surface area contributed by atoms with Crippen molar-refractivity contribution in [3.05, 3.63) is 59.4 Å². The van der Waals surface area contributed by atoms with Crippen LogP contribution in [0.5, 0.6) is 5.75 Å². The summed E-state index contributed by atoms with van der Waals surface area (Å²) in [5, 5.41) is 13.4. The number of aromatic nitrogens is 1. The molecule has 0 saturated carbocycles. The number of carbonyl (C=O) groups excluding carboxylic acids is 1. The van der Waals surface area contributed by atoms with Gasteiger partial charge in [0.25, 0.3) is 0 Å². The number of carbonyl (C=O) groups is 1. The number of aryl methyl sites for hydroxylation is 1. The Kier molecular flexibility index (Phi) is 6.79. The predicted octanol–water partition coefficient (Wildman–Crippen LogP) is 2.20. The summed E-state index contributed by atoms with van der Waals surface area (Å²) < 4.78 is 11.1. The van der Waals surface area contributed by atoms with E-state index < -0.39 is 6.10 Å². The van der Waals surface area contributed by atoms with Crippen molar-refractivity contribution in [2.75, 3.05) is 19.7 Å². The Balaban J connectivity index is 1.47. The first kappa shape index (κ1) is 19.3. The van der Waals surface area contributed by atoms with Crippen LogP contribution in [-0.4, -0.2) is 41.9 Å². The average molecular weight is 370 g/mol. The fourth-order valence-corrected chi connectivity index (χ4v) is 3.20. The van der Waals surface area contributed by atoms with Gasteiger partial charge in [-0.2, -0.15) is 0 Å². The zero-order valence-electron chi connectivity index (χ0n) is 15.6. The molecule has 2 heterocycles. The number of nitrogens with zero attached hydrogens (tertiary/aromatic N) is 1. The van der Waals surface area contributed by atoms with Gasteiger partial charge in [-0.15, -0.1) is 0 Å². The lowest BCUT2D eigenvalue weighted by Crippen LogP contribution is -2.36. The highest BCUT2D eigenvalue weighted by Crippen LogP contribution is 2.28. The Morgan fingerprint density at radius 3 is 3.11 bits per heavy atom. The van der Waals surface area contributed by atoms with Crippen molar-refractivity contribution in [3.63, 3.8) is 0 Å². The van der Waals surface area contributed by atoms with E-state index in [1.165, 1.54) is 0 Å². The van der Waals surface area contributed by atoms with E-state index in [9.17, 15) is 9.90 Å². The lowest BCUT2D eigenvalue weighted by atomic mass is 9.99. The molecule has 1 aromatic carbocycles. The Morgan fingerprint density at radius 1 is 1.44 bits per heavy atom. The molecule has 0 bridgehead atoms. The Bertz CT molecular complexity index is 751. The molecule has 2 aromatic rings. The zero-order chi connectivity index (χ0) is 19.1. The van der Waals surface area contributed by atoms with Gasteiger partial charge in [-0.05, 0) is 43.0 Å². The number of ether oxygens (including phenoxy) is 2. The summed E-state index contributed by atoms with van der Waals surface area (Å²) >= 11 is 0. The first-order chi connectivity index (χ1) is 13.2. The molecule has 3 rings (SSSR count). The van der Waals surface area contributed by atoms with E-state index in [1.54, 1.807) is 12.4 Å². The summed E-state index contributed by atoms with van der Waals surface area (Å²) in [7, 11) is 0. The van der Waals surface area contributed by atoms with E-state index in [-0.39, 0.29) is 12.1 Å². The Labute approximate surface area is 159 Å². The molecule has 2 atom stereocenters. The summed E-state index contributed by atoms with van der Waals surface area (Å²) in [6.45, 7) is 3.33. The smallest absolute Gasteiger partial charge is 0.310 e. The second-order valence-electron chi connectivity index (χ2n) is 6.66. The van der Waals surface area contributed by atoms with Crippen LogP contribution < -0.4 is 10.1 Å². The summed E-state index contributed by atoms with van der Waals surface area (Å²) in [5.74, 6) is 0.664. The van der Waals surface area contributed by atoms with Gasteiger partial charge in [0.1, 0.15) is 11.9 Å². The minimum Gasteiger partial charge on any atom is -0.489 e. The van der Waals surface area contributed by atoms with E-state index in [4.69, 9.17) is 9.47 Å². The normalized spacial score (nSPS) is 16.9. The molecule has 1 aromatic heterocycles. The third-order valence-corrected chi connectivity index (χ3v) is 4.59. The van der Waals surface area contributed by atoms with Crippen molar-refractivity contribution in [2.24, 2.45) is 0 Å². The molecule has 0 radical (unpaired) electrons. The van der Waals surface area contributed by atoms with E-state index in [0.29, 0.717) is 26.1 Å². The molecule has 0 amide bonds. The van der Waals surface area contributed by atoms with Gasteiger partial charge in [0.15, 0.2) is 0 Å². The van der Waals surface area contributed by atoms with Gasteiger partial charge in [0, 0.05) is 31.0 Å². The highest BCUT2D eigenvalue weighted by atomic mass is 16.5. The van der Waals surface area contributed by atoms with Crippen molar-refractivity contribution in [3.8, 4) is 5.75 Å². The fourth-order valence-electron chi connectivity index (χ4n) is 3.20. The quantitative estimate of drug-likeness (QED) is 0.694. The van der Waals surface area contributed by atoms with Crippen LogP contribution in [-0.2, 0) is 22.4 Å². The third-order valence-electron chi connectivity index (χ3n) is 4.59. The minimum absolute atomic E-state index is 0.0644. The second-order valence-corrected chi connectivity index (χ2v) is 6.66. The van der Waals surface area contributed by atoms with Crippen LogP contribution in [0.1, 0.15) is 36.1 Å². The number of hydrogen-bond acceptors (Lipinski definition) is 6. The SMILES string of the molecule is CCOC(=O)Cc1ccc2c(c1)CCC(CNCC(O)c1cccnc1)O2. The molecular formula is C21H26N2O4. The maximum atomic E-state index is 11.6. The molecule has 1 aliphatic heterocycles. The Morgan fingerprint density at radius 2 is 2.33 bits per heavy atom. The lowest BCUT2D eigenvalue weighted by Gasteiger charge is -2.27. The van der Waals surface area contributed by atoms with Crippen LogP contribution in [0.2, 0.25) is 0 Å². The molecule has 2 N–H and O–H groups in total. The number of nitrogens with one attached hydrogen (secondary N) is 1. The topological polar surface area (TPSA) is 80.7 Å². The highest BCUT2D eigenvalue weighted by molar-refractivity contribution is 5.72. The number of aliphatic hydroxyl groups excluding tert-OH is 1. The van der Waals surface area contributed by atoms with Crippen molar-refractivity contribution >= 4 is 5.97 Å². The lowest BCUT2D eigenvalue weighted by molar-refractivity contribution is -0.142. The number of aliphatic hydroxyl groups is 1. The number of hydrogen-bond donors (Lipinski definition) is 2. The van der Waals surface area contributed by atoms with E-state index in [2.05, 4.69) is 10.3 Å². The summed E-state index contributed by atoms with van der Waals surface area (Å²) in [5.41, 5.74) is 2.88. The molecule has 6 heteroatoms. The van der Waals surface area contributed by atoms with Gasteiger partial charge in [0.05, 0.1) is 19.1 Å². The molecule has 6 nitrogen and oxygen atoms in total. The fraction of sp³-hybridized carbons (Fsp3) is 0.429. The molecular weight excluding hydrogens is 344 g/mol. The molecule has 2 unspecified atom stereocenters. The van der Waals surface area contributed by atoms with Crippen LogP contribution >= 0.6 is 0 Å². The van der Waals surface area contributed by atoms with E-state index in [0.717, 1.165) is 35.3 Å². The molecule has 0 aliphatic carbocycles. The molecule has 0 saturated heterocycles. The van der Waals surface area contributed by atoms with Crippen LogP contribution in [0.25, 0.3) is 0 Å². The van der Waals surface area contributed by atoms with E-state index >= 15 is 0 Å². The number of fused-ring (bicyclic) bond motifs is 1. The highest BCUT2D eigenvalue weighted by Gasteiger charge is 2.20. The molecule has 27 heavy (non-hydrogen) atoms. The first-order valence-electron chi connectivity index (χ1n) is 9.38. The molecule has 0 fully saturated rings. The largest absolute Gasteiger partial charge is 0.489 e.